The van der Waals surface area contributed by atoms with Gasteiger partial charge >= 0.3 is 0 Å². The molecule has 138 valence electrons. The first kappa shape index (κ1) is 17.9. The fourth-order valence-corrected chi connectivity index (χ4v) is 3.13. The summed E-state index contributed by atoms with van der Waals surface area (Å²) in [4.78, 5) is 18.3. The van der Waals surface area contributed by atoms with E-state index < -0.39 is 5.60 Å². The lowest BCUT2D eigenvalue weighted by atomic mass is 9.86. The molecule has 0 atom stereocenters. The molecular formula is C23H17FN2O2. The Morgan fingerprint density at radius 3 is 2.43 bits per heavy atom. The van der Waals surface area contributed by atoms with Crippen molar-refractivity contribution >= 4 is 5.91 Å². The highest BCUT2D eigenvalue weighted by molar-refractivity contribution is 5.93. The van der Waals surface area contributed by atoms with Crippen LogP contribution in [0.2, 0.25) is 0 Å². The lowest BCUT2D eigenvalue weighted by Crippen LogP contribution is -2.61. The van der Waals surface area contributed by atoms with Crippen LogP contribution >= 0.6 is 0 Å². The molecule has 0 bridgehead atoms. The van der Waals surface area contributed by atoms with Crippen molar-refractivity contribution in [3.8, 4) is 11.8 Å². The number of hydrogen-bond donors (Lipinski definition) is 1. The predicted molar refractivity (Wildman–Crippen MR) is 103 cm³/mol. The minimum Gasteiger partial charge on any atom is -0.381 e. The van der Waals surface area contributed by atoms with E-state index in [-0.39, 0.29) is 24.8 Å². The molecule has 1 aliphatic heterocycles. The maximum Gasteiger partial charge on any atom is 0.272 e. The number of pyridine rings is 1. The first-order chi connectivity index (χ1) is 13.5. The summed E-state index contributed by atoms with van der Waals surface area (Å²) in [6.45, 7) is 0.470. The van der Waals surface area contributed by atoms with Gasteiger partial charge in [0.15, 0.2) is 0 Å². The Hall–Kier alpha value is -3.49. The third kappa shape index (κ3) is 3.64. The van der Waals surface area contributed by atoms with Crippen molar-refractivity contribution in [2.45, 2.75) is 5.60 Å². The van der Waals surface area contributed by atoms with Gasteiger partial charge in [-0.3, -0.25) is 4.79 Å². The summed E-state index contributed by atoms with van der Waals surface area (Å²) in [5, 5.41) is 10.6. The normalized spacial score (nSPS) is 14.6. The van der Waals surface area contributed by atoms with Gasteiger partial charge in [0.2, 0.25) is 0 Å². The second-order valence-electron chi connectivity index (χ2n) is 6.75. The van der Waals surface area contributed by atoms with E-state index in [0.29, 0.717) is 16.8 Å². The van der Waals surface area contributed by atoms with Crippen LogP contribution in [0.3, 0.4) is 0 Å². The molecule has 0 spiro atoms. The smallest absolute Gasteiger partial charge is 0.272 e. The molecule has 4 nitrogen and oxygen atoms in total. The second-order valence-corrected chi connectivity index (χ2v) is 6.75. The highest BCUT2D eigenvalue weighted by atomic mass is 19.1. The van der Waals surface area contributed by atoms with E-state index in [1.165, 1.54) is 18.3 Å². The molecule has 2 heterocycles. The van der Waals surface area contributed by atoms with E-state index >= 15 is 0 Å². The maximum absolute atomic E-state index is 13.2. The largest absolute Gasteiger partial charge is 0.381 e. The van der Waals surface area contributed by atoms with Crippen molar-refractivity contribution in [2.75, 3.05) is 13.1 Å². The lowest BCUT2D eigenvalue weighted by Gasteiger charge is -2.46. The number of halogens is 1. The number of nitrogens with zero attached hydrogens (tertiary/aromatic N) is 2. The van der Waals surface area contributed by atoms with Gasteiger partial charge in [0, 0.05) is 17.3 Å². The molecule has 0 radical (unpaired) electrons. The standard InChI is InChI=1S/C23H17FN2O2/c24-20-8-4-5-17(13-20)9-10-18-11-12-21(25-14-18)22(27)26-15-23(28,16-26)19-6-2-1-3-7-19/h1-8,11-14,28H,15-16H2. The average molecular weight is 372 g/mol. The summed E-state index contributed by atoms with van der Waals surface area (Å²) >= 11 is 0. The minimum absolute atomic E-state index is 0.231. The Bertz CT molecular complexity index is 1060. The monoisotopic (exact) mass is 372 g/mol. The summed E-state index contributed by atoms with van der Waals surface area (Å²) in [5.41, 5.74) is 1.29. The number of benzene rings is 2. The number of aromatic nitrogens is 1. The Morgan fingerprint density at radius 1 is 1.00 bits per heavy atom. The van der Waals surface area contributed by atoms with Crippen LogP contribution in [0.5, 0.6) is 0 Å². The van der Waals surface area contributed by atoms with Crippen LogP contribution in [0.15, 0.2) is 72.9 Å². The molecule has 1 amide bonds. The molecule has 0 unspecified atom stereocenters. The summed E-state index contributed by atoms with van der Waals surface area (Å²) in [6.07, 6.45) is 1.52. The topological polar surface area (TPSA) is 53.4 Å². The average Bonchev–Trinajstić information content (AvgIpc) is 2.70. The van der Waals surface area contributed by atoms with E-state index in [1.54, 1.807) is 29.2 Å². The number of carbonyl (C=O) groups is 1. The number of aliphatic hydroxyl groups is 1. The Morgan fingerprint density at radius 2 is 1.75 bits per heavy atom. The Labute approximate surface area is 162 Å². The van der Waals surface area contributed by atoms with Gasteiger partial charge in [-0.25, -0.2) is 9.37 Å². The maximum atomic E-state index is 13.2. The Balaban J connectivity index is 1.42. The Kier molecular flexibility index (Phi) is 4.64. The SMILES string of the molecule is O=C(c1ccc(C#Cc2cccc(F)c2)cn1)N1CC(O)(c2ccccc2)C1. The van der Waals surface area contributed by atoms with Gasteiger partial charge in [0.25, 0.3) is 5.91 Å². The summed E-state index contributed by atoms with van der Waals surface area (Å²) in [6, 6.07) is 18.7. The molecule has 1 aromatic heterocycles. The first-order valence-corrected chi connectivity index (χ1v) is 8.84. The van der Waals surface area contributed by atoms with Crippen molar-refractivity contribution in [3.05, 3.63) is 101 Å². The summed E-state index contributed by atoms with van der Waals surface area (Å²) in [7, 11) is 0. The number of carbonyl (C=O) groups excluding carboxylic acids is 1. The van der Waals surface area contributed by atoms with E-state index in [0.717, 1.165) is 5.56 Å². The van der Waals surface area contributed by atoms with E-state index in [1.807, 2.05) is 30.3 Å². The molecule has 3 aromatic rings. The molecule has 28 heavy (non-hydrogen) atoms. The van der Waals surface area contributed by atoms with Crippen LogP contribution in [-0.2, 0) is 5.60 Å². The molecule has 1 aliphatic rings. The number of β-amino-alcohol motifs (C(OH)–C–C–N with tert-alkyl or cyclic N) is 1. The molecule has 1 N–H and O–H groups in total. The summed E-state index contributed by atoms with van der Waals surface area (Å²) in [5.74, 6) is 5.20. The second kappa shape index (κ2) is 7.26. The van der Waals surface area contributed by atoms with Gasteiger partial charge in [0.1, 0.15) is 17.1 Å². The van der Waals surface area contributed by atoms with Gasteiger partial charge in [-0.2, -0.15) is 0 Å². The van der Waals surface area contributed by atoms with E-state index in [4.69, 9.17) is 0 Å². The van der Waals surface area contributed by atoms with Gasteiger partial charge in [0.05, 0.1) is 13.1 Å². The van der Waals surface area contributed by atoms with Crippen molar-refractivity contribution in [1.82, 2.24) is 9.88 Å². The van der Waals surface area contributed by atoms with Crippen molar-refractivity contribution in [1.29, 1.82) is 0 Å². The van der Waals surface area contributed by atoms with Crippen LogP contribution in [0, 0.1) is 17.7 Å². The van der Waals surface area contributed by atoms with Gasteiger partial charge in [-0.05, 0) is 35.9 Å². The third-order valence-electron chi connectivity index (χ3n) is 4.66. The van der Waals surface area contributed by atoms with Gasteiger partial charge < -0.3 is 10.0 Å². The highest BCUT2D eigenvalue weighted by Gasteiger charge is 2.45. The fourth-order valence-electron chi connectivity index (χ4n) is 3.13. The molecule has 4 rings (SSSR count). The number of likely N-dealkylation sites (tertiary alicyclic amines) is 1. The molecular weight excluding hydrogens is 355 g/mol. The van der Waals surface area contributed by atoms with Crippen LogP contribution < -0.4 is 0 Å². The zero-order valence-electron chi connectivity index (χ0n) is 15.0. The molecule has 0 aliphatic carbocycles. The van der Waals surface area contributed by atoms with Crippen LogP contribution in [0.1, 0.15) is 27.2 Å². The first-order valence-electron chi connectivity index (χ1n) is 8.84. The molecule has 0 saturated carbocycles. The number of amides is 1. The van der Waals surface area contributed by atoms with Crippen molar-refractivity contribution in [3.63, 3.8) is 0 Å². The molecule has 1 fully saturated rings. The third-order valence-corrected chi connectivity index (χ3v) is 4.66. The fraction of sp³-hybridized carbons (Fsp3) is 0.130. The highest BCUT2D eigenvalue weighted by Crippen LogP contribution is 2.32. The van der Waals surface area contributed by atoms with Gasteiger partial charge in [-0.1, -0.05) is 48.2 Å². The predicted octanol–water partition coefficient (Wildman–Crippen LogP) is 2.96. The lowest BCUT2D eigenvalue weighted by molar-refractivity contribution is -0.0865. The van der Waals surface area contributed by atoms with Gasteiger partial charge in [-0.15, -0.1) is 0 Å². The van der Waals surface area contributed by atoms with Crippen molar-refractivity contribution < 1.29 is 14.3 Å². The minimum atomic E-state index is -1.01. The summed E-state index contributed by atoms with van der Waals surface area (Å²) < 4.78 is 13.2. The van der Waals surface area contributed by atoms with E-state index in [2.05, 4.69) is 16.8 Å². The number of hydrogen-bond acceptors (Lipinski definition) is 3. The van der Waals surface area contributed by atoms with Crippen LogP contribution in [0.25, 0.3) is 0 Å². The van der Waals surface area contributed by atoms with Crippen LogP contribution in [0.4, 0.5) is 4.39 Å². The zero-order chi connectivity index (χ0) is 19.6. The van der Waals surface area contributed by atoms with Crippen molar-refractivity contribution in [2.24, 2.45) is 0 Å². The number of rotatable bonds is 2. The van der Waals surface area contributed by atoms with Crippen LogP contribution in [-0.4, -0.2) is 34.0 Å². The quantitative estimate of drug-likeness (QED) is 0.704. The molecule has 2 aromatic carbocycles. The van der Waals surface area contributed by atoms with E-state index in [9.17, 15) is 14.3 Å². The molecule has 5 heteroatoms. The zero-order valence-corrected chi connectivity index (χ0v) is 15.0. The molecule has 1 saturated heterocycles.